The van der Waals surface area contributed by atoms with Crippen LogP contribution in [-0.2, 0) is 11.8 Å². The monoisotopic (exact) mass is 875 g/mol. The number of furan rings is 1. The Hall–Kier alpha value is -6.82. The molecule has 2 aliphatic heterocycles. The van der Waals surface area contributed by atoms with Gasteiger partial charge in [0.05, 0.1) is 20.1 Å². The fourth-order valence-corrected chi connectivity index (χ4v) is 12.5. The number of hydrogen-bond donors (Lipinski definition) is 0. The molecule has 2 unspecified atom stereocenters. The Bertz CT molecular complexity index is 3630. The molecule has 0 bridgehead atoms. The standard InChI is InChI=1S/C61H57N3OSi/c1-38-22-28-47-49-31-25-42-24-29-46-48-30-23-41-18-12-13-19-45(41)58(48)54-33-27-44(66(6,7)8)37-62(54)55(46)35-39(2)63-52-20-14-15-21-53(52)64(60(63)57(42)59(49)65-56(47)34-38)51-32-26-43(61(3,4)5)36-50(51)40-16-10-9-11-17-40/h9-23,25-28,30-34,36-37,46,55H,2,24,29,35H2,1,3-8H3/q+2. The van der Waals surface area contributed by atoms with E-state index < -0.39 is 8.07 Å². The van der Waals surface area contributed by atoms with Crippen molar-refractivity contribution in [1.29, 1.82) is 0 Å². The van der Waals surface area contributed by atoms with Gasteiger partial charge in [0.2, 0.25) is 5.69 Å². The van der Waals surface area contributed by atoms with Gasteiger partial charge in [-0.2, -0.15) is 13.7 Å². The highest BCUT2D eigenvalue weighted by molar-refractivity contribution is 6.88. The lowest BCUT2D eigenvalue weighted by Crippen LogP contribution is -2.52. The Morgan fingerprint density at radius 1 is 0.727 bits per heavy atom. The molecule has 5 heteroatoms. The smallest absolute Gasteiger partial charge is 0.304 e. The summed E-state index contributed by atoms with van der Waals surface area (Å²) in [7, 11) is -1.68. The maximum atomic E-state index is 7.20. The van der Waals surface area contributed by atoms with Gasteiger partial charge in [0.25, 0.3) is 0 Å². The van der Waals surface area contributed by atoms with Gasteiger partial charge in [-0.05, 0) is 94.1 Å². The van der Waals surface area contributed by atoms with Crippen LogP contribution in [0.5, 0.6) is 0 Å². The molecule has 0 radical (unpaired) electrons. The summed E-state index contributed by atoms with van der Waals surface area (Å²) in [6, 6.07) is 57.2. The van der Waals surface area contributed by atoms with Gasteiger partial charge in [-0.15, -0.1) is 0 Å². The van der Waals surface area contributed by atoms with Crippen LogP contribution in [0.25, 0.3) is 88.9 Å². The maximum absolute atomic E-state index is 7.20. The van der Waals surface area contributed by atoms with Gasteiger partial charge in [-0.1, -0.05) is 162 Å². The van der Waals surface area contributed by atoms with Crippen molar-refractivity contribution in [3.05, 3.63) is 187 Å². The minimum atomic E-state index is -1.68. The first-order valence-electron chi connectivity index (χ1n) is 23.8. The number of nitrogens with zero attached hydrogens (tertiary/aromatic N) is 3. The lowest BCUT2D eigenvalue weighted by molar-refractivity contribution is -0.716. The molecule has 0 aliphatic carbocycles. The lowest BCUT2D eigenvalue weighted by atomic mass is 9.76. The van der Waals surface area contributed by atoms with Crippen LogP contribution in [0.3, 0.4) is 0 Å². The van der Waals surface area contributed by atoms with Gasteiger partial charge in [-0.25, -0.2) is 0 Å². The number of rotatable bonds is 3. The molecular weight excluding hydrogens is 819 g/mol. The van der Waals surface area contributed by atoms with Gasteiger partial charge in [0.1, 0.15) is 22.5 Å². The van der Waals surface area contributed by atoms with Crippen LogP contribution in [0.15, 0.2) is 169 Å². The van der Waals surface area contributed by atoms with Crippen molar-refractivity contribution in [3.8, 4) is 39.5 Å². The minimum Gasteiger partial charge on any atom is -0.455 e. The summed E-state index contributed by atoms with van der Waals surface area (Å²) in [4.78, 5) is 0. The van der Waals surface area contributed by atoms with Crippen molar-refractivity contribution in [2.24, 2.45) is 0 Å². The molecule has 4 nitrogen and oxygen atoms in total. The van der Waals surface area contributed by atoms with Crippen molar-refractivity contribution in [3.63, 3.8) is 0 Å². The summed E-state index contributed by atoms with van der Waals surface area (Å²) in [6.45, 7) is 21.7. The molecule has 0 N–H and O–H groups in total. The van der Waals surface area contributed by atoms with E-state index in [0.29, 0.717) is 0 Å². The maximum Gasteiger partial charge on any atom is 0.304 e. The Labute approximate surface area is 389 Å². The highest BCUT2D eigenvalue weighted by Gasteiger charge is 2.45. The van der Waals surface area contributed by atoms with Gasteiger partial charge < -0.3 is 4.42 Å². The minimum absolute atomic E-state index is 0.0369. The average Bonchev–Trinajstić information content (AvgIpc) is 3.85. The summed E-state index contributed by atoms with van der Waals surface area (Å²) in [5, 5.41) is 6.36. The molecule has 0 saturated heterocycles. The van der Waals surface area contributed by atoms with Crippen LogP contribution in [0.4, 0.5) is 0 Å². The van der Waals surface area contributed by atoms with E-state index >= 15 is 0 Å². The van der Waals surface area contributed by atoms with Crippen molar-refractivity contribution in [1.82, 2.24) is 4.57 Å². The van der Waals surface area contributed by atoms with Crippen LogP contribution in [0, 0.1) is 6.92 Å². The van der Waals surface area contributed by atoms with E-state index in [1.807, 2.05) is 0 Å². The largest absolute Gasteiger partial charge is 0.455 e. The van der Waals surface area contributed by atoms with Crippen molar-refractivity contribution in [2.45, 2.75) is 84.0 Å². The van der Waals surface area contributed by atoms with Gasteiger partial charge >= 0.3 is 5.82 Å². The van der Waals surface area contributed by atoms with Gasteiger partial charge in [0.15, 0.2) is 28.9 Å². The molecule has 0 saturated carbocycles. The third kappa shape index (κ3) is 6.30. The molecule has 0 spiro atoms. The molecule has 0 fully saturated rings. The highest BCUT2D eigenvalue weighted by Crippen LogP contribution is 2.49. The van der Waals surface area contributed by atoms with Crippen LogP contribution in [0.2, 0.25) is 19.6 Å². The Balaban J connectivity index is 1.19. The van der Waals surface area contributed by atoms with Crippen LogP contribution >= 0.6 is 0 Å². The SMILES string of the molecule is C=C1CC2C(CCc3ccc4c(oc5cc(C)ccc54)c3-c3n1c1ccccc1[n+]3-c1ccc(C(C)(C)C)cc1-c1ccccc1)c1ccc3ccccc3c1-c1ccc([Si](C)(C)C)c[n+]12. The lowest BCUT2D eigenvalue weighted by Gasteiger charge is -2.33. The van der Waals surface area contributed by atoms with E-state index in [4.69, 9.17) is 11.0 Å². The third-order valence-electron chi connectivity index (χ3n) is 14.8. The molecule has 10 aromatic rings. The average molecular weight is 876 g/mol. The highest BCUT2D eigenvalue weighted by atomic mass is 28.3. The number of imidazole rings is 1. The van der Waals surface area contributed by atoms with Crippen molar-refractivity contribution >= 4 is 62.7 Å². The fourth-order valence-electron chi connectivity index (χ4n) is 11.4. The Morgan fingerprint density at radius 3 is 2.32 bits per heavy atom. The van der Waals surface area contributed by atoms with Gasteiger partial charge in [-0.3, -0.25) is 0 Å². The van der Waals surface area contributed by atoms with Crippen LogP contribution in [0.1, 0.15) is 67.8 Å². The predicted octanol–water partition coefficient (Wildman–Crippen LogP) is 14.6. The van der Waals surface area contributed by atoms with E-state index in [2.05, 4.69) is 219 Å². The topological polar surface area (TPSA) is 25.8 Å². The molecule has 7 aromatic carbocycles. The van der Waals surface area contributed by atoms with Crippen LogP contribution < -0.4 is 14.3 Å². The first-order valence-corrected chi connectivity index (χ1v) is 27.3. The van der Waals surface area contributed by atoms with E-state index in [9.17, 15) is 0 Å². The summed E-state index contributed by atoms with van der Waals surface area (Å²) in [6.07, 6.45) is 5.16. The number of fused-ring (bicyclic) bond motifs is 17. The van der Waals surface area contributed by atoms with E-state index in [-0.39, 0.29) is 17.4 Å². The van der Waals surface area contributed by atoms with E-state index in [0.717, 1.165) is 75.0 Å². The normalized spacial score (nSPS) is 16.3. The number of pyridine rings is 1. The first kappa shape index (κ1) is 40.7. The number of allylic oxidation sites excluding steroid dienone is 1. The molecule has 2 atom stereocenters. The second-order valence-corrected chi connectivity index (χ2v) is 26.2. The zero-order valence-corrected chi connectivity index (χ0v) is 40.2. The van der Waals surface area contributed by atoms with E-state index in [1.165, 1.54) is 60.6 Å². The summed E-state index contributed by atoms with van der Waals surface area (Å²) in [5.41, 5.74) is 17.7. The quantitative estimate of drug-likeness (QED) is 0.128. The Morgan fingerprint density at radius 2 is 1.50 bits per heavy atom. The van der Waals surface area contributed by atoms with Crippen molar-refractivity contribution < 1.29 is 13.6 Å². The molecule has 2 aliphatic rings. The third-order valence-corrected chi connectivity index (χ3v) is 16.9. The van der Waals surface area contributed by atoms with E-state index in [1.54, 1.807) is 0 Å². The number of hydrogen-bond acceptors (Lipinski definition) is 1. The summed E-state index contributed by atoms with van der Waals surface area (Å²) in [5.74, 6) is 1.32. The molecule has 5 heterocycles. The molecule has 324 valence electrons. The van der Waals surface area contributed by atoms with Crippen LogP contribution in [-0.4, -0.2) is 12.6 Å². The zero-order valence-electron chi connectivity index (χ0n) is 39.2. The number of para-hydroxylation sites is 2. The molecular formula is C61H57N3OSi+2. The first-order chi connectivity index (χ1) is 31.8. The number of benzene rings is 7. The Kier molecular flexibility index (Phi) is 9.15. The molecule has 12 rings (SSSR count). The van der Waals surface area contributed by atoms with Gasteiger partial charge in [0, 0.05) is 33.5 Å². The second-order valence-electron chi connectivity index (χ2n) is 21.1. The van der Waals surface area contributed by atoms with Crippen molar-refractivity contribution in [2.75, 3.05) is 0 Å². The second kappa shape index (κ2) is 14.8. The molecule has 3 aromatic heterocycles. The number of aromatic nitrogens is 3. The molecule has 0 amide bonds. The number of aryl methyl sites for hydroxylation is 2. The zero-order chi connectivity index (χ0) is 45.2. The summed E-state index contributed by atoms with van der Waals surface area (Å²) < 4.78 is 14.9. The molecule has 66 heavy (non-hydrogen) atoms. The fraction of sp³-hybridized carbons (Fsp3) is 0.213. The predicted molar refractivity (Wildman–Crippen MR) is 278 cm³/mol. The summed E-state index contributed by atoms with van der Waals surface area (Å²) >= 11 is 0.